The molecule has 2 aliphatic rings. The maximum absolute atomic E-state index is 12.8. The molecule has 3 rings (SSSR count). The Morgan fingerprint density at radius 3 is 2.55 bits per heavy atom. The summed E-state index contributed by atoms with van der Waals surface area (Å²) in [5, 5.41) is 4.87. The normalized spacial score (nSPS) is 17.2. The molecule has 2 heterocycles. The van der Waals surface area contributed by atoms with Gasteiger partial charge in [-0.2, -0.15) is 4.31 Å². The Bertz CT molecular complexity index is 1030. The van der Waals surface area contributed by atoms with Crippen molar-refractivity contribution in [1.29, 1.82) is 0 Å². The van der Waals surface area contributed by atoms with E-state index in [0.717, 1.165) is 12.8 Å². The zero-order valence-electron chi connectivity index (χ0n) is 16.8. The van der Waals surface area contributed by atoms with Crippen LogP contribution in [0.1, 0.15) is 30.1 Å². The molecule has 1 saturated heterocycles. The molecule has 2 amide bonds. The lowest BCUT2D eigenvalue weighted by Gasteiger charge is -2.21. The highest BCUT2D eigenvalue weighted by molar-refractivity contribution is 7.89. The average molecular weight is 472 g/mol. The van der Waals surface area contributed by atoms with Crippen LogP contribution in [-0.4, -0.2) is 63.5 Å². The molecular weight excluding hydrogens is 450 g/mol. The molecule has 0 spiro atoms. The standard InChI is InChI=1S/C19H22ClN3O7S/c1-2-29-18(25)14-10-21-19(26)22-16(14)11-30-17(24)13-9-12(5-6-15(13)20)31(27,28)23-7-3-4-8-23/h5-6,9H,2-4,7-8,10-11H2,1H3,(H2,21,22,26). The van der Waals surface area contributed by atoms with Crippen LogP contribution in [0.2, 0.25) is 5.02 Å². The number of benzene rings is 1. The van der Waals surface area contributed by atoms with Crippen molar-refractivity contribution in [2.45, 2.75) is 24.7 Å². The second kappa shape index (κ2) is 9.67. The van der Waals surface area contributed by atoms with E-state index in [4.69, 9.17) is 21.1 Å². The summed E-state index contributed by atoms with van der Waals surface area (Å²) < 4.78 is 37.0. The average Bonchev–Trinajstić information content (AvgIpc) is 3.28. The van der Waals surface area contributed by atoms with Crippen LogP contribution in [0, 0.1) is 0 Å². The fourth-order valence-electron chi connectivity index (χ4n) is 3.18. The lowest BCUT2D eigenvalue weighted by atomic mass is 10.1. The summed E-state index contributed by atoms with van der Waals surface area (Å²) in [6.45, 7) is 2.10. The highest BCUT2D eigenvalue weighted by Gasteiger charge is 2.29. The first kappa shape index (κ1) is 23.0. The number of sulfonamides is 1. The molecule has 31 heavy (non-hydrogen) atoms. The minimum absolute atomic E-state index is 0.0133. The number of hydrogen-bond acceptors (Lipinski definition) is 7. The molecular formula is C19H22ClN3O7S. The molecule has 0 bridgehead atoms. The number of carbonyl (C=O) groups excluding carboxylic acids is 3. The minimum atomic E-state index is -3.75. The van der Waals surface area contributed by atoms with Gasteiger partial charge in [0.25, 0.3) is 0 Å². The summed E-state index contributed by atoms with van der Waals surface area (Å²) in [7, 11) is -3.75. The van der Waals surface area contributed by atoms with Crippen molar-refractivity contribution in [1.82, 2.24) is 14.9 Å². The van der Waals surface area contributed by atoms with Crippen molar-refractivity contribution in [2.24, 2.45) is 0 Å². The van der Waals surface area contributed by atoms with E-state index in [0.29, 0.717) is 13.1 Å². The number of carbonyl (C=O) groups is 3. The molecule has 0 saturated carbocycles. The summed E-state index contributed by atoms with van der Waals surface area (Å²) in [6, 6.07) is 3.26. The highest BCUT2D eigenvalue weighted by atomic mass is 35.5. The van der Waals surface area contributed by atoms with Gasteiger partial charge in [-0.3, -0.25) is 0 Å². The Morgan fingerprint density at radius 2 is 1.87 bits per heavy atom. The quantitative estimate of drug-likeness (QED) is 0.575. The van der Waals surface area contributed by atoms with E-state index in [-0.39, 0.29) is 39.9 Å². The molecule has 168 valence electrons. The SMILES string of the molecule is CCOC(=O)C1=C(COC(=O)c2cc(S(=O)(=O)N3CCCC3)ccc2Cl)NC(=O)NC1. The van der Waals surface area contributed by atoms with Crippen LogP contribution in [0.3, 0.4) is 0 Å². The topological polar surface area (TPSA) is 131 Å². The number of rotatable bonds is 7. The van der Waals surface area contributed by atoms with Gasteiger partial charge in [-0.1, -0.05) is 11.6 Å². The molecule has 0 aliphatic carbocycles. The number of nitrogens with one attached hydrogen (secondary N) is 2. The van der Waals surface area contributed by atoms with Gasteiger partial charge < -0.3 is 20.1 Å². The molecule has 0 atom stereocenters. The Balaban J connectivity index is 1.80. The number of esters is 2. The summed E-state index contributed by atoms with van der Waals surface area (Å²) in [6.07, 6.45) is 1.56. The van der Waals surface area contributed by atoms with Gasteiger partial charge in [0.15, 0.2) is 0 Å². The fraction of sp³-hybridized carbons (Fsp3) is 0.421. The summed E-state index contributed by atoms with van der Waals surface area (Å²) in [5.41, 5.74) is 0.0544. The first-order valence-corrected chi connectivity index (χ1v) is 11.5. The van der Waals surface area contributed by atoms with Gasteiger partial charge in [0.05, 0.1) is 39.9 Å². The number of ether oxygens (including phenoxy) is 2. The Labute approximate surface area is 184 Å². The predicted octanol–water partition coefficient (Wildman–Crippen LogP) is 1.41. The van der Waals surface area contributed by atoms with Crippen molar-refractivity contribution in [3.63, 3.8) is 0 Å². The maximum atomic E-state index is 12.8. The van der Waals surface area contributed by atoms with Gasteiger partial charge >= 0.3 is 18.0 Å². The van der Waals surface area contributed by atoms with Crippen molar-refractivity contribution >= 4 is 39.6 Å². The zero-order valence-corrected chi connectivity index (χ0v) is 18.3. The molecule has 10 nitrogen and oxygen atoms in total. The molecule has 1 fully saturated rings. The molecule has 0 aromatic heterocycles. The Hall–Kier alpha value is -2.63. The van der Waals surface area contributed by atoms with Crippen LogP contribution >= 0.6 is 11.6 Å². The number of halogens is 1. The predicted molar refractivity (Wildman–Crippen MR) is 110 cm³/mol. The monoisotopic (exact) mass is 471 g/mol. The molecule has 12 heteroatoms. The smallest absolute Gasteiger partial charge is 0.340 e. The van der Waals surface area contributed by atoms with E-state index in [9.17, 15) is 22.8 Å². The van der Waals surface area contributed by atoms with Crippen molar-refractivity contribution in [2.75, 3.05) is 32.8 Å². The molecule has 0 radical (unpaired) electrons. The first-order chi connectivity index (χ1) is 14.7. The van der Waals surface area contributed by atoms with Gasteiger partial charge in [0, 0.05) is 13.1 Å². The third kappa shape index (κ3) is 5.17. The van der Waals surface area contributed by atoms with Gasteiger partial charge in [0.1, 0.15) is 6.61 Å². The second-order valence-corrected chi connectivity index (χ2v) is 9.16. The molecule has 0 unspecified atom stereocenters. The van der Waals surface area contributed by atoms with Crippen LogP contribution in [0.4, 0.5) is 4.79 Å². The number of hydrogen-bond donors (Lipinski definition) is 2. The fourth-order valence-corrected chi connectivity index (χ4v) is 4.92. The number of amides is 2. The Kier molecular flexibility index (Phi) is 7.19. The third-order valence-corrected chi connectivity index (χ3v) is 7.01. The van der Waals surface area contributed by atoms with E-state index in [1.807, 2.05) is 0 Å². The Morgan fingerprint density at radius 1 is 1.16 bits per heavy atom. The largest absolute Gasteiger partial charge is 0.463 e. The molecule has 2 N–H and O–H groups in total. The van der Waals surface area contributed by atoms with Crippen LogP contribution in [-0.2, 0) is 24.3 Å². The zero-order chi connectivity index (χ0) is 22.6. The van der Waals surface area contributed by atoms with Gasteiger partial charge in [0.2, 0.25) is 10.0 Å². The van der Waals surface area contributed by atoms with E-state index in [2.05, 4.69) is 10.6 Å². The minimum Gasteiger partial charge on any atom is -0.463 e. The summed E-state index contributed by atoms with van der Waals surface area (Å²) >= 11 is 6.09. The molecule has 1 aromatic carbocycles. The second-order valence-electron chi connectivity index (χ2n) is 6.81. The van der Waals surface area contributed by atoms with Crippen molar-refractivity contribution in [3.8, 4) is 0 Å². The van der Waals surface area contributed by atoms with Crippen molar-refractivity contribution < 1.29 is 32.3 Å². The van der Waals surface area contributed by atoms with Crippen LogP contribution in [0.15, 0.2) is 34.4 Å². The number of nitrogens with zero attached hydrogens (tertiary/aromatic N) is 1. The number of urea groups is 1. The summed E-state index contributed by atoms with van der Waals surface area (Å²) in [4.78, 5) is 36.2. The highest BCUT2D eigenvalue weighted by Crippen LogP contribution is 2.26. The van der Waals surface area contributed by atoms with Gasteiger partial charge in [-0.15, -0.1) is 0 Å². The lowest BCUT2D eigenvalue weighted by Crippen LogP contribution is -2.45. The van der Waals surface area contributed by atoms with E-state index >= 15 is 0 Å². The third-order valence-electron chi connectivity index (χ3n) is 4.78. The van der Waals surface area contributed by atoms with Crippen LogP contribution < -0.4 is 10.6 Å². The van der Waals surface area contributed by atoms with Crippen LogP contribution in [0.5, 0.6) is 0 Å². The van der Waals surface area contributed by atoms with Gasteiger partial charge in [-0.05, 0) is 38.0 Å². The molecule has 2 aliphatic heterocycles. The maximum Gasteiger partial charge on any atom is 0.340 e. The first-order valence-electron chi connectivity index (χ1n) is 9.65. The summed E-state index contributed by atoms with van der Waals surface area (Å²) in [5.74, 6) is -1.55. The van der Waals surface area contributed by atoms with Gasteiger partial charge in [-0.25, -0.2) is 22.8 Å². The van der Waals surface area contributed by atoms with E-state index in [1.165, 1.54) is 22.5 Å². The van der Waals surface area contributed by atoms with Crippen molar-refractivity contribution in [3.05, 3.63) is 40.1 Å². The van der Waals surface area contributed by atoms with E-state index < -0.39 is 34.6 Å². The molecule has 1 aromatic rings. The van der Waals surface area contributed by atoms with E-state index in [1.54, 1.807) is 6.92 Å². The lowest BCUT2D eigenvalue weighted by molar-refractivity contribution is -0.138. The van der Waals surface area contributed by atoms with Crippen LogP contribution in [0.25, 0.3) is 0 Å².